The van der Waals surface area contributed by atoms with Crippen molar-refractivity contribution in [1.29, 1.82) is 0 Å². The summed E-state index contributed by atoms with van der Waals surface area (Å²) in [6, 6.07) is 3.93. The number of aromatic nitrogens is 1. The van der Waals surface area contributed by atoms with Crippen LogP contribution in [-0.4, -0.2) is 29.7 Å². The predicted octanol–water partition coefficient (Wildman–Crippen LogP) is 1.03. The summed E-state index contributed by atoms with van der Waals surface area (Å²) in [7, 11) is 0. The number of hydrogen-bond donors (Lipinski definition) is 1. The van der Waals surface area contributed by atoms with E-state index in [0.717, 1.165) is 6.54 Å². The van der Waals surface area contributed by atoms with Crippen LogP contribution < -0.4 is 5.32 Å². The molecule has 1 heterocycles. The molecule has 84 valence electrons. The maximum absolute atomic E-state index is 11.4. The monoisotopic (exact) mass is 210 g/mol. The second-order valence-corrected chi connectivity index (χ2v) is 3.31. The quantitative estimate of drug-likeness (QED) is 0.762. The summed E-state index contributed by atoms with van der Waals surface area (Å²) < 4.78 is 7.19. The molecule has 15 heavy (non-hydrogen) atoms. The zero-order chi connectivity index (χ0) is 11.1. The van der Waals surface area contributed by atoms with E-state index in [-0.39, 0.29) is 12.0 Å². The van der Waals surface area contributed by atoms with E-state index in [1.165, 1.54) is 0 Å². The first-order valence-electron chi connectivity index (χ1n) is 5.24. The summed E-state index contributed by atoms with van der Waals surface area (Å²) in [5, 5.41) is 2.82. The molecule has 0 aliphatic rings. The molecule has 4 heteroatoms. The van der Waals surface area contributed by atoms with Gasteiger partial charge in [0.2, 0.25) is 5.91 Å². The van der Waals surface area contributed by atoms with E-state index in [4.69, 9.17) is 4.74 Å². The van der Waals surface area contributed by atoms with Gasteiger partial charge in [-0.2, -0.15) is 0 Å². The lowest BCUT2D eigenvalue weighted by Gasteiger charge is -2.12. The van der Waals surface area contributed by atoms with Crippen molar-refractivity contribution in [3.63, 3.8) is 0 Å². The Morgan fingerprint density at radius 2 is 2.13 bits per heavy atom. The van der Waals surface area contributed by atoms with Gasteiger partial charge in [-0.15, -0.1) is 0 Å². The number of amides is 1. The summed E-state index contributed by atoms with van der Waals surface area (Å²) in [6.45, 7) is 5.62. The zero-order valence-electron chi connectivity index (χ0n) is 9.27. The van der Waals surface area contributed by atoms with Gasteiger partial charge in [0, 0.05) is 32.1 Å². The van der Waals surface area contributed by atoms with Crippen molar-refractivity contribution < 1.29 is 9.53 Å². The number of nitrogens with zero attached hydrogens (tertiary/aromatic N) is 1. The van der Waals surface area contributed by atoms with Crippen LogP contribution in [0.3, 0.4) is 0 Å². The highest BCUT2D eigenvalue weighted by molar-refractivity contribution is 5.80. The molecule has 1 atom stereocenters. The van der Waals surface area contributed by atoms with Crippen molar-refractivity contribution in [3.05, 3.63) is 24.5 Å². The lowest BCUT2D eigenvalue weighted by atomic mass is 10.3. The topological polar surface area (TPSA) is 43.3 Å². The van der Waals surface area contributed by atoms with Crippen molar-refractivity contribution in [2.75, 3.05) is 13.2 Å². The maximum atomic E-state index is 11.4. The molecule has 0 aliphatic heterocycles. The highest BCUT2D eigenvalue weighted by atomic mass is 16.5. The highest BCUT2D eigenvalue weighted by Crippen LogP contribution is 1.91. The first-order valence-corrected chi connectivity index (χ1v) is 5.24. The summed E-state index contributed by atoms with van der Waals surface area (Å²) in [5.74, 6) is -0.0518. The maximum Gasteiger partial charge on any atom is 0.248 e. The molecule has 1 N–H and O–H groups in total. The number of carbonyl (C=O) groups is 1. The third-order valence-electron chi connectivity index (χ3n) is 2.12. The van der Waals surface area contributed by atoms with E-state index in [9.17, 15) is 4.79 Å². The molecule has 1 aromatic heterocycles. The SMILES string of the molecule is CCOC(C)C(=O)NCCn1cccc1. The molecule has 0 fully saturated rings. The Hall–Kier alpha value is -1.29. The van der Waals surface area contributed by atoms with E-state index < -0.39 is 0 Å². The molecule has 4 nitrogen and oxygen atoms in total. The predicted molar refractivity (Wildman–Crippen MR) is 58.5 cm³/mol. The third kappa shape index (κ3) is 4.16. The Morgan fingerprint density at radius 1 is 1.47 bits per heavy atom. The molecular weight excluding hydrogens is 192 g/mol. The lowest BCUT2D eigenvalue weighted by Crippen LogP contribution is -2.36. The summed E-state index contributed by atoms with van der Waals surface area (Å²) in [6.07, 6.45) is 3.58. The van der Waals surface area contributed by atoms with Crippen LogP contribution in [0.4, 0.5) is 0 Å². The second kappa shape index (κ2) is 6.24. The number of nitrogens with one attached hydrogen (secondary N) is 1. The minimum Gasteiger partial charge on any atom is -0.369 e. The molecule has 1 unspecified atom stereocenters. The van der Waals surface area contributed by atoms with Crippen molar-refractivity contribution in [2.24, 2.45) is 0 Å². The highest BCUT2D eigenvalue weighted by Gasteiger charge is 2.10. The fourth-order valence-electron chi connectivity index (χ4n) is 1.30. The lowest BCUT2D eigenvalue weighted by molar-refractivity contribution is -0.131. The van der Waals surface area contributed by atoms with Crippen LogP contribution in [0.1, 0.15) is 13.8 Å². The normalized spacial score (nSPS) is 12.4. The van der Waals surface area contributed by atoms with Gasteiger partial charge < -0.3 is 14.6 Å². The summed E-state index contributed by atoms with van der Waals surface area (Å²) >= 11 is 0. The molecule has 1 amide bonds. The Morgan fingerprint density at radius 3 is 2.73 bits per heavy atom. The van der Waals surface area contributed by atoms with Gasteiger partial charge in [-0.3, -0.25) is 4.79 Å². The summed E-state index contributed by atoms with van der Waals surface area (Å²) in [5.41, 5.74) is 0. The number of ether oxygens (including phenoxy) is 1. The van der Waals surface area contributed by atoms with Crippen molar-refractivity contribution in [2.45, 2.75) is 26.5 Å². The van der Waals surface area contributed by atoms with Crippen molar-refractivity contribution in [3.8, 4) is 0 Å². The molecule has 0 saturated carbocycles. The smallest absolute Gasteiger partial charge is 0.248 e. The van der Waals surface area contributed by atoms with E-state index in [1.54, 1.807) is 6.92 Å². The molecule has 0 bridgehead atoms. The molecule has 0 spiro atoms. The van der Waals surface area contributed by atoms with Gasteiger partial charge in [-0.1, -0.05) is 0 Å². The molecule has 1 aromatic rings. The van der Waals surface area contributed by atoms with Crippen molar-refractivity contribution in [1.82, 2.24) is 9.88 Å². The van der Waals surface area contributed by atoms with E-state index in [1.807, 2.05) is 36.0 Å². The van der Waals surface area contributed by atoms with Crippen LogP contribution in [0, 0.1) is 0 Å². The molecule has 0 radical (unpaired) electrons. The molecule has 0 saturated heterocycles. The van der Waals surface area contributed by atoms with Gasteiger partial charge in [0.05, 0.1) is 0 Å². The van der Waals surface area contributed by atoms with Gasteiger partial charge in [0.25, 0.3) is 0 Å². The van der Waals surface area contributed by atoms with E-state index >= 15 is 0 Å². The van der Waals surface area contributed by atoms with Gasteiger partial charge in [-0.05, 0) is 26.0 Å². The second-order valence-electron chi connectivity index (χ2n) is 3.31. The van der Waals surface area contributed by atoms with E-state index in [2.05, 4.69) is 5.32 Å². The molecule has 0 aromatic carbocycles. The fraction of sp³-hybridized carbons (Fsp3) is 0.545. The first kappa shape index (κ1) is 11.8. The third-order valence-corrected chi connectivity index (χ3v) is 2.12. The average molecular weight is 210 g/mol. The average Bonchev–Trinajstić information content (AvgIpc) is 2.71. The van der Waals surface area contributed by atoms with Crippen LogP contribution in [0.2, 0.25) is 0 Å². The zero-order valence-corrected chi connectivity index (χ0v) is 9.27. The molecule has 0 aliphatic carbocycles. The minimum atomic E-state index is -0.361. The Balaban J connectivity index is 2.17. The van der Waals surface area contributed by atoms with Gasteiger partial charge in [0.1, 0.15) is 6.10 Å². The Kier molecular flexibility index (Phi) is 4.90. The number of hydrogen-bond acceptors (Lipinski definition) is 2. The number of rotatable bonds is 6. The van der Waals surface area contributed by atoms with Crippen LogP contribution >= 0.6 is 0 Å². The fourth-order valence-corrected chi connectivity index (χ4v) is 1.30. The first-order chi connectivity index (χ1) is 7.24. The van der Waals surface area contributed by atoms with Crippen molar-refractivity contribution >= 4 is 5.91 Å². The van der Waals surface area contributed by atoms with Crippen LogP contribution in [0.5, 0.6) is 0 Å². The van der Waals surface area contributed by atoms with Crippen LogP contribution in [0.15, 0.2) is 24.5 Å². The molecule has 1 rings (SSSR count). The van der Waals surface area contributed by atoms with Crippen LogP contribution in [-0.2, 0) is 16.1 Å². The molecular formula is C11H18N2O2. The summed E-state index contributed by atoms with van der Waals surface area (Å²) in [4.78, 5) is 11.4. The Labute approximate surface area is 90.2 Å². The standard InChI is InChI=1S/C11H18N2O2/c1-3-15-10(2)11(14)12-6-9-13-7-4-5-8-13/h4-5,7-8,10H,3,6,9H2,1-2H3,(H,12,14). The number of carbonyl (C=O) groups excluding carboxylic acids is 1. The van der Waals surface area contributed by atoms with Gasteiger partial charge in [0.15, 0.2) is 0 Å². The van der Waals surface area contributed by atoms with E-state index in [0.29, 0.717) is 13.2 Å². The Bertz CT molecular complexity index is 283. The van der Waals surface area contributed by atoms with Gasteiger partial charge in [-0.25, -0.2) is 0 Å². The van der Waals surface area contributed by atoms with Crippen LogP contribution in [0.25, 0.3) is 0 Å². The largest absolute Gasteiger partial charge is 0.369 e. The minimum absolute atomic E-state index is 0.0518. The van der Waals surface area contributed by atoms with Gasteiger partial charge >= 0.3 is 0 Å².